The summed E-state index contributed by atoms with van der Waals surface area (Å²) in [7, 11) is 0. The van der Waals surface area contributed by atoms with Crippen LogP contribution in [0.3, 0.4) is 0 Å². The van der Waals surface area contributed by atoms with Crippen LogP contribution in [-0.2, 0) is 19.1 Å². The van der Waals surface area contributed by atoms with Crippen molar-refractivity contribution >= 4 is 11.9 Å². The summed E-state index contributed by atoms with van der Waals surface area (Å²) in [6.45, 7) is 8.16. The summed E-state index contributed by atoms with van der Waals surface area (Å²) in [6, 6.07) is 0. The lowest BCUT2D eigenvalue weighted by Gasteiger charge is -2.60. The number of hydrogen-bond donors (Lipinski definition) is 0. The molecule has 0 saturated heterocycles. The Labute approximate surface area is 181 Å². The van der Waals surface area contributed by atoms with E-state index in [1.807, 2.05) is 20.8 Å². The van der Waals surface area contributed by atoms with Gasteiger partial charge in [-0.25, -0.2) is 0 Å². The fourth-order valence-electron chi connectivity index (χ4n) is 8.19. The van der Waals surface area contributed by atoms with Crippen LogP contribution in [0.1, 0.15) is 91.9 Å². The molecule has 6 aliphatic carbocycles. The third kappa shape index (κ3) is 3.14. The second kappa shape index (κ2) is 7.24. The van der Waals surface area contributed by atoms with Gasteiger partial charge in [-0.15, -0.1) is 0 Å². The summed E-state index contributed by atoms with van der Waals surface area (Å²) >= 11 is 0. The quantitative estimate of drug-likeness (QED) is 0.534. The van der Waals surface area contributed by atoms with E-state index in [1.165, 1.54) is 32.1 Å². The standard InChI is InChI=1S/C26H40O4/c1-5-25(3,4)24(28)29-22-14-17-12-20(22)21(13-17)23(27)30-26(6-2)18-8-15-7-16(10-18)11-19(26)9-15/h15-22H,5-14H2,1-4H3. The maximum Gasteiger partial charge on any atom is 0.311 e. The number of ether oxygens (including phenoxy) is 2. The highest BCUT2D eigenvalue weighted by Crippen LogP contribution is 2.61. The molecule has 30 heavy (non-hydrogen) atoms. The average Bonchev–Trinajstić information content (AvgIpc) is 3.30. The molecule has 0 aromatic heterocycles. The highest BCUT2D eigenvalue weighted by atomic mass is 16.6. The van der Waals surface area contributed by atoms with Crippen LogP contribution >= 0.6 is 0 Å². The lowest BCUT2D eigenvalue weighted by Crippen LogP contribution is -2.60. The second-order valence-electron chi connectivity index (χ2n) is 12.1. The van der Waals surface area contributed by atoms with Gasteiger partial charge < -0.3 is 9.47 Å². The molecule has 4 atom stereocenters. The van der Waals surface area contributed by atoms with Gasteiger partial charge in [-0.3, -0.25) is 9.59 Å². The predicted molar refractivity (Wildman–Crippen MR) is 114 cm³/mol. The summed E-state index contributed by atoms with van der Waals surface area (Å²) in [4.78, 5) is 26.2. The van der Waals surface area contributed by atoms with Gasteiger partial charge in [-0.1, -0.05) is 13.8 Å². The fourth-order valence-corrected chi connectivity index (χ4v) is 8.19. The monoisotopic (exact) mass is 416 g/mol. The Morgan fingerprint density at radius 2 is 1.47 bits per heavy atom. The van der Waals surface area contributed by atoms with Crippen LogP contribution in [0.2, 0.25) is 0 Å². The van der Waals surface area contributed by atoms with Crippen molar-refractivity contribution in [2.24, 2.45) is 46.8 Å². The van der Waals surface area contributed by atoms with Crippen LogP contribution < -0.4 is 0 Å². The number of hydrogen-bond acceptors (Lipinski definition) is 4. The molecule has 0 amide bonds. The Morgan fingerprint density at radius 3 is 2.00 bits per heavy atom. The predicted octanol–water partition coefficient (Wildman–Crippen LogP) is 5.53. The number of rotatable bonds is 6. The van der Waals surface area contributed by atoms with Gasteiger partial charge >= 0.3 is 11.9 Å². The molecule has 0 N–H and O–H groups in total. The van der Waals surface area contributed by atoms with Crippen molar-refractivity contribution < 1.29 is 19.1 Å². The van der Waals surface area contributed by atoms with Crippen molar-refractivity contribution in [1.82, 2.24) is 0 Å². The van der Waals surface area contributed by atoms with Crippen molar-refractivity contribution in [2.45, 2.75) is 104 Å². The molecule has 4 heteroatoms. The van der Waals surface area contributed by atoms with E-state index in [4.69, 9.17) is 9.47 Å². The zero-order valence-corrected chi connectivity index (χ0v) is 19.3. The maximum absolute atomic E-state index is 13.5. The van der Waals surface area contributed by atoms with E-state index in [0.717, 1.165) is 43.9 Å². The fraction of sp³-hybridized carbons (Fsp3) is 0.923. The first-order valence-electron chi connectivity index (χ1n) is 12.7. The second-order valence-corrected chi connectivity index (χ2v) is 12.1. The maximum atomic E-state index is 13.5. The Bertz CT molecular complexity index is 682. The number of carbonyl (C=O) groups is 2. The molecule has 4 nitrogen and oxygen atoms in total. The summed E-state index contributed by atoms with van der Waals surface area (Å²) in [5.41, 5.74) is -0.673. The van der Waals surface area contributed by atoms with Gasteiger partial charge in [0, 0.05) is 5.92 Å². The Kier molecular flexibility index (Phi) is 5.02. The van der Waals surface area contributed by atoms with E-state index in [1.54, 1.807) is 0 Å². The minimum absolute atomic E-state index is 0.0207. The van der Waals surface area contributed by atoms with Gasteiger partial charge in [0.05, 0.1) is 11.3 Å². The summed E-state index contributed by atoms with van der Waals surface area (Å²) < 4.78 is 12.5. The molecular formula is C26H40O4. The zero-order chi connectivity index (χ0) is 21.3. The van der Waals surface area contributed by atoms with Gasteiger partial charge in [0.2, 0.25) is 0 Å². The molecule has 0 aromatic carbocycles. The molecule has 0 radical (unpaired) electrons. The van der Waals surface area contributed by atoms with E-state index in [9.17, 15) is 9.59 Å². The molecule has 0 aliphatic heterocycles. The van der Waals surface area contributed by atoms with Crippen LogP contribution in [-0.4, -0.2) is 23.6 Å². The normalized spacial score (nSPS) is 46.3. The Balaban J connectivity index is 1.28. The van der Waals surface area contributed by atoms with Gasteiger partial charge in [0.15, 0.2) is 0 Å². The molecule has 0 spiro atoms. The van der Waals surface area contributed by atoms with Crippen LogP contribution in [0.15, 0.2) is 0 Å². The highest BCUT2D eigenvalue weighted by molar-refractivity contribution is 5.77. The van der Waals surface area contributed by atoms with Crippen molar-refractivity contribution in [2.75, 3.05) is 0 Å². The van der Waals surface area contributed by atoms with E-state index in [-0.39, 0.29) is 35.5 Å². The third-order valence-corrected chi connectivity index (χ3v) is 10.1. The van der Waals surface area contributed by atoms with Crippen molar-refractivity contribution in [3.05, 3.63) is 0 Å². The first-order chi connectivity index (χ1) is 14.3. The molecule has 0 aromatic rings. The smallest absolute Gasteiger partial charge is 0.311 e. The van der Waals surface area contributed by atoms with E-state index in [0.29, 0.717) is 17.8 Å². The van der Waals surface area contributed by atoms with Crippen LogP contribution in [0.4, 0.5) is 0 Å². The zero-order valence-electron chi connectivity index (χ0n) is 19.3. The number of carbonyl (C=O) groups excluding carboxylic acids is 2. The summed E-state index contributed by atoms with van der Waals surface area (Å²) in [5.74, 6) is 3.38. The lowest BCUT2D eigenvalue weighted by atomic mass is 9.49. The van der Waals surface area contributed by atoms with Crippen molar-refractivity contribution in [1.29, 1.82) is 0 Å². The first-order valence-corrected chi connectivity index (χ1v) is 12.7. The Hall–Kier alpha value is -1.06. The van der Waals surface area contributed by atoms with E-state index < -0.39 is 5.41 Å². The largest absolute Gasteiger partial charge is 0.462 e. The molecular weight excluding hydrogens is 376 g/mol. The average molecular weight is 417 g/mol. The SMILES string of the molecule is CCC(C)(C)C(=O)OC1CC2CC(C(=O)OC3(CC)C4CC5CC(C4)CC3C5)C1C2. The van der Waals surface area contributed by atoms with E-state index >= 15 is 0 Å². The molecule has 0 heterocycles. The highest BCUT2D eigenvalue weighted by Gasteiger charge is 2.60. The van der Waals surface area contributed by atoms with Crippen LogP contribution in [0, 0.1) is 46.8 Å². The number of fused-ring (bicyclic) bond motifs is 2. The molecule has 6 aliphatic rings. The summed E-state index contributed by atoms with van der Waals surface area (Å²) in [6.07, 6.45) is 10.9. The molecule has 6 bridgehead atoms. The van der Waals surface area contributed by atoms with Crippen LogP contribution in [0.5, 0.6) is 0 Å². The van der Waals surface area contributed by atoms with Gasteiger partial charge in [0.1, 0.15) is 11.7 Å². The third-order valence-electron chi connectivity index (χ3n) is 10.1. The van der Waals surface area contributed by atoms with E-state index in [2.05, 4.69) is 6.92 Å². The number of esters is 2. The van der Waals surface area contributed by atoms with Gasteiger partial charge in [-0.2, -0.15) is 0 Å². The summed E-state index contributed by atoms with van der Waals surface area (Å²) in [5, 5.41) is 0. The molecule has 6 rings (SSSR count). The van der Waals surface area contributed by atoms with Gasteiger partial charge in [0.25, 0.3) is 0 Å². The first kappa shape index (κ1) is 20.8. The minimum Gasteiger partial charge on any atom is -0.462 e. The van der Waals surface area contributed by atoms with Crippen molar-refractivity contribution in [3.8, 4) is 0 Å². The molecule has 6 fully saturated rings. The Morgan fingerprint density at radius 1 is 0.867 bits per heavy atom. The topological polar surface area (TPSA) is 52.6 Å². The van der Waals surface area contributed by atoms with Crippen LogP contribution in [0.25, 0.3) is 0 Å². The lowest BCUT2D eigenvalue weighted by molar-refractivity contribution is -0.217. The minimum atomic E-state index is -0.454. The molecule has 4 unspecified atom stereocenters. The molecule has 168 valence electrons. The van der Waals surface area contributed by atoms with Crippen molar-refractivity contribution in [3.63, 3.8) is 0 Å². The van der Waals surface area contributed by atoms with Gasteiger partial charge in [-0.05, 0) is 108 Å². The molecule has 6 saturated carbocycles.